The number of hydrogen-bond acceptors (Lipinski definition) is 17. The molecule has 0 aliphatic carbocycles. The van der Waals surface area contributed by atoms with Gasteiger partial charge in [0, 0.05) is 48.5 Å². The predicted octanol–water partition coefficient (Wildman–Crippen LogP) is -0.618. The number of rotatable bonds is 14. The Kier molecular flexibility index (Phi) is 15.2. The molecule has 0 aromatic carbocycles. The van der Waals surface area contributed by atoms with Gasteiger partial charge in [-0.2, -0.15) is 0 Å². The van der Waals surface area contributed by atoms with Gasteiger partial charge in [-0.25, -0.2) is 0 Å². The maximum atomic E-state index is 12.4. The second-order valence-corrected chi connectivity index (χ2v) is 10.4. The van der Waals surface area contributed by atoms with Crippen LogP contribution in [0.4, 0.5) is 0 Å². The molecule has 2 aliphatic rings. The molecule has 264 valence electrons. The molecule has 0 radical (unpaired) electrons. The molecule has 0 spiro atoms. The van der Waals surface area contributed by atoms with E-state index in [1.165, 1.54) is 13.0 Å². The van der Waals surface area contributed by atoms with E-state index in [-0.39, 0.29) is 6.61 Å². The van der Waals surface area contributed by atoms with Crippen LogP contribution in [0.1, 0.15) is 48.5 Å². The molecule has 47 heavy (non-hydrogen) atoms. The molecule has 1 N–H and O–H groups in total. The average Bonchev–Trinajstić information content (AvgIpc) is 2.94. The monoisotopic (exact) mass is 675 g/mol. The second kappa shape index (κ2) is 18.3. The van der Waals surface area contributed by atoms with E-state index in [0.717, 1.165) is 41.5 Å². The summed E-state index contributed by atoms with van der Waals surface area (Å²) in [4.78, 5) is 84.8. The summed E-state index contributed by atoms with van der Waals surface area (Å²) in [7, 11) is 0. The van der Waals surface area contributed by atoms with Gasteiger partial charge in [0.2, 0.25) is 5.91 Å². The van der Waals surface area contributed by atoms with Crippen molar-refractivity contribution in [2.45, 2.75) is 110 Å². The Bertz CT molecular complexity index is 1170. The van der Waals surface area contributed by atoms with E-state index < -0.39 is 116 Å². The molecule has 2 heterocycles. The minimum Gasteiger partial charge on any atom is -0.463 e. The van der Waals surface area contributed by atoms with Crippen LogP contribution in [-0.2, 0) is 80.9 Å². The minimum absolute atomic E-state index is 0.0922. The molecule has 0 saturated carbocycles. The van der Waals surface area contributed by atoms with Crippen molar-refractivity contribution in [3.05, 3.63) is 12.7 Å². The Hall–Kier alpha value is -4.13. The number of ether oxygens (including phenoxy) is 10. The molecule has 2 fully saturated rings. The Morgan fingerprint density at radius 3 is 1.45 bits per heavy atom. The lowest BCUT2D eigenvalue weighted by molar-refractivity contribution is -0.346. The maximum absolute atomic E-state index is 12.4. The van der Waals surface area contributed by atoms with Gasteiger partial charge in [-0.3, -0.25) is 33.6 Å². The molecule has 0 aromatic rings. The van der Waals surface area contributed by atoms with Crippen molar-refractivity contribution in [3.8, 4) is 0 Å². The number of amides is 1. The Labute approximate surface area is 270 Å². The van der Waals surface area contributed by atoms with E-state index in [1.54, 1.807) is 0 Å². The van der Waals surface area contributed by atoms with Gasteiger partial charge in [0.15, 0.2) is 37.0 Å². The van der Waals surface area contributed by atoms with Crippen molar-refractivity contribution in [1.82, 2.24) is 5.32 Å². The number of hydrogen-bond donors (Lipinski definition) is 1. The Morgan fingerprint density at radius 1 is 0.596 bits per heavy atom. The van der Waals surface area contributed by atoms with Gasteiger partial charge in [0.25, 0.3) is 0 Å². The zero-order valence-electron chi connectivity index (χ0n) is 27.1. The van der Waals surface area contributed by atoms with Crippen molar-refractivity contribution in [3.63, 3.8) is 0 Å². The smallest absolute Gasteiger partial charge is 0.303 e. The van der Waals surface area contributed by atoms with Crippen LogP contribution in [0.5, 0.6) is 0 Å². The average molecular weight is 676 g/mol. The number of esters is 6. The quantitative estimate of drug-likeness (QED) is 0.138. The molecular formula is C29H41NO17. The third-order valence-electron chi connectivity index (χ3n) is 6.39. The van der Waals surface area contributed by atoms with Crippen LogP contribution in [0, 0.1) is 0 Å². The van der Waals surface area contributed by atoms with Crippen LogP contribution in [-0.4, -0.2) is 123 Å². The highest BCUT2D eigenvalue weighted by molar-refractivity contribution is 5.73. The van der Waals surface area contributed by atoms with E-state index in [4.69, 9.17) is 47.4 Å². The zero-order chi connectivity index (χ0) is 35.4. The van der Waals surface area contributed by atoms with Gasteiger partial charge in [-0.1, -0.05) is 6.08 Å². The van der Waals surface area contributed by atoms with Gasteiger partial charge in [0.05, 0.1) is 6.61 Å². The first kappa shape index (κ1) is 39.1. The molecular weight excluding hydrogens is 634 g/mol. The third kappa shape index (κ3) is 12.2. The number of carbonyl (C=O) groups is 7. The standard InChI is InChI=1S/C29H41NO17/c1-9-10-38-28-22(30-13(2)31)25(23(41-16(5)34)20(45-28)11-39-14(3)32)47-29-27(44-19(8)37)26(43-18(7)36)24(42-17(6)35)21(46-29)12-40-15(4)33/h9,20-29H,1,10-12H2,2-8H3,(H,30,31)/t20-,21-,22-,23-,24+,25-,26+,27-,28+,29+/m1/s1. The summed E-state index contributed by atoms with van der Waals surface area (Å²) in [6.07, 6.45) is -12.0. The fraction of sp³-hybridized carbons (Fsp3) is 0.690. The van der Waals surface area contributed by atoms with E-state index in [0.29, 0.717) is 0 Å². The third-order valence-corrected chi connectivity index (χ3v) is 6.39. The molecule has 2 saturated heterocycles. The fourth-order valence-electron chi connectivity index (χ4n) is 4.88. The van der Waals surface area contributed by atoms with E-state index >= 15 is 0 Å². The van der Waals surface area contributed by atoms with Gasteiger partial charge >= 0.3 is 35.8 Å². The van der Waals surface area contributed by atoms with Crippen molar-refractivity contribution in [2.24, 2.45) is 0 Å². The lowest BCUT2D eigenvalue weighted by atomic mass is 9.94. The molecule has 18 heteroatoms. The summed E-state index contributed by atoms with van der Waals surface area (Å²) in [5.41, 5.74) is 0. The molecule has 18 nitrogen and oxygen atoms in total. The molecule has 0 bridgehead atoms. The van der Waals surface area contributed by atoms with Crippen molar-refractivity contribution >= 4 is 41.7 Å². The maximum Gasteiger partial charge on any atom is 0.303 e. The number of nitrogens with one attached hydrogen (secondary N) is 1. The van der Waals surface area contributed by atoms with Crippen LogP contribution in [0.15, 0.2) is 12.7 Å². The van der Waals surface area contributed by atoms with Gasteiger partial charge in [0.1, 0.15) is 37.6 Å². The molecule has 1 amide bonds. The lowest BCUT2D eigenvalue weighted by Crippen LogP contribution is -2.69. The SMILES string of the molecule is C=CCO[C@H]1O[C@H](COC(C)=O)[C@@H](OC(C)=O)[C@H](O[C@@H]2O[C@H](COC(C)=O)[C@H](OC(C)=O)[C@H](OC(C)=O)[C@H]2OC(C)=O)[C@H]1NC(C)=O. The first-order valence-electron chi connectivity index (χ1n) is 14.5. The van der Waals surface area contributed by atoms with Crippen LogP contribution in [0.2, 0.25) is 0 Å². The zero-order valence-corrected chi connectivity index (χ0v) is 27.1. The van der Waals surface area contributed by atoms with Crippen LogP contribution >= 0.6 is 0 Å². The van der Waals surface area contributed by atoms with Gasteiger partial charge in [-0.15, -0.1) is 6.58 Å². The summed E-state index contributed by atoms with van der Waals surface area (Å²) in [6.45, 7) is 10.2. The lowest BCUT2D eigenvalue weighted by Gasteiger charge is -2.49. The summed E-state index contributed by atoms with van der Waals surface area (Å²) in [5.74, 6) is -5.47. The van der Waals surface area contributed by atoms with Gasteiger partial charge in [-0.05, 0) is 0 Å². The highest BCUT2D eigenvalue weighted by Gasteiger charge is 2.57. The first-order chi connectivity index (χ1) is 22.0. The highest BCUT2D eigenvalue weighted by atomic mass is 16.8. The largest absolute Gasteiger partial charge is 0.463 e. The van der Waals surface area contributed by atoms with E-state index in [9.17, 15) is 33.6 Å². The summed E-state index contributed by atoms with van der Waals surface area (Å²) in [6, 6.07) is -1.28. The fourth-order valence-corrected chi connectivity index (χ4v) is 4.88. The van der Waals surface area contributed by atoms with Gasteiger partial charge < -0.3 is 52.7 Å². The van der Waals surface area contributed by atoms with E-state index in [1.807, 2.05) is 0 Å². The Balaban J connectivity index is 2.74. The van der Waals surface area contributed by atoms with E-state index in [2.05, 4.69) is 11.9 Å². The molecule has 0 aromatic heterocycles. The summed E-state index contributed by atoms with van der Waals surface area (Å²) in [5, 5.41) is 2.62. The first-order valence-corrected chi connectivity index (χ1v) is 14.5. The second-order valence-electron chi connectivity index (χ2n) is 10.4. The van der Waals surface area contributed by atoms with Crippen molar-refractivity contribution in [1.29, 1.82) is 0 Å². The summed E-state index contributed by atoms with van der Waals surface area (Å²) >= 11 is 0. The molecule has 2 aliphatic heterocycles. The normalized spacial score (nSPS) is 30.1. The topological polar surface area (TPSA) is 224 Å². The predicted molar refractivity (Wildman–Crippen MR) is 151 cm³/mol. The highest BCUT2D eigenvalue weighted by Crippen LogP contribution is 2.34. The van der Waals surface area contributed by atoms with Crippen molar-refractivity contribution in [2.75, 3.05) is 19.8 Å². The molecule has 0 unspecified atom stereocenters. The van der Waals surface area contributed by atoms with Crippen LogP contribution < -0.4 is 5.32 Å². The minimum atomic E-state index is -1.75. The number of carbonyl (C=O) groups excluding carboxylic acids is 7. The van der Waals surface area contributed by atoms with Crippen LogP contribution in [0.3, 0.4) is 0 Å². The van der Waals surface area contributed by atoms with Crippen LogP contribution in [0.25, 0.3) is 0 Å². The molecule has 2 rings (SSSR count). The van der Waals surface area contributed by atoms with Crippen molar-refractivity contribution < 1.29 is 80.9 Å². The summed E-state index contributed by atoms with van der Waals surface area (Å²) < 4.78 is 56.2. The Morgan fingerprint density at radius 2 is 1.02 bits per heavy atom. The molecule has 10 atom stereocenters.